The van der Waals surface area contributed by atoms with Gasteiger partial charge in [-0.15, -0.1) is 0 Å². The largest absolute Gasteiger partial charge is 0.362 e. The Morgan fingerprint density at radius 3 is 2.88 bits per heavy atom. The molecule has 0 radical (unpaired) electrons. The van der Waals surface area contributed by atoms with Crippen molar-refractivity contribution < 1.29 is 4.21 Å². The maximum atomic E-state index is 11.8. The van der Waals surface area contributed by atoms with E-state index in [1.165, 1.54) is 0 Å². The Hall–Kier alpha value is -1.17. The third-order valence-electron chi connectivity index (χ3n) is 2.12. The van der Waals surface area contributed by atoms with Gasteiger partial charge in [-0.3, -0.25) is 9.00 Å². The molecular formula is C10H17N3O2S. The molecule has 6 heteroatoms. The van der Waals surface area contributed by atoms with Crippen molar-refractivity contribution in [3.63, 3.8) is 0 Å². The Morgan fingerprint density at radius 1 is 1.62 bits per heavy atom. The number of nitrogens with zero attached hydrogens (tertiary/aromatic N) is 2. The second kappa shape index (κ2) is 5.79. The minimum Gasteiger partial charge on any atom is -0.362 e. The van der Waals surface area contributed by atoms with Crippen molar-refractivity contribution >= 4 is 16.6 Å². The lowest BCUT2D eigenvalue weighted by Crippen LogP contribution is -2.30. The number of aromatic nitrogens is 2. The first-order valence-electron chi connectivity index (χ1n) is 5.16. The van der Waals surface area contributed by atoms with E-state index in [2.05, 4.69) is 10.3 Å². The van der Waals surface area contributed by atoms with Crippen LogP contribution in [-0.4, -0.2) is 31.8 Å². The molecule has 0 bridgehead atoms. The smallest absolute Gasteiger partial charge is 0.293 e. The lowest BCUT2D eigenvalue weighted by molar-refractivity contribution is 0.682. The molecule has 16 heavy (non-hydrogen) atoms. The van der Waals surface area contributed by atoms with Crippen LogP contribution in [0.3, 0.4) is 0 Å². The third-order valence-corrected chi connectivity index (χ3v) is 3.09. The summed E-state index contributed by atoms with van der Waals surface area (Å²) in [6.07, 6.45) is 4.87. The zero-order valence-electron chi connectivity index (χ0n) is 9.77. The molecule has 0 amide bonds. The van der Waals surface area contributed by atoms with Gasteiger partial charge in [-0.05, 0) is 13.8 Å². The Morgan fingerprint density at radius 2 is 2.31 bits per heavy atom. The van der Waals surface area contributed by atoms with Crippen molar-refractivity contribution in [1.29, 1.82) is 0 Å². The van der Waals surface area contributed by atoms with Gasteiger partial charge in [0.15, 0.2) is 5.82 Å². The Kier molecular flexibility index (Phi) is 4.67. The Labute approximate surface area is 97.4 Å². The van der Waals surface area contributed by atoms with E-state index in [4.69, 9.17) is 0 Å². The molecule has 0 spiro atoms. The second-order valence-corrected chi connectivity index (χ2v) is 5.13. The summed E-state index contributed by atoms with van der Waals surface area (Å²) in [5.41, 5.74) is -0.140. The van der Waals surface area contributed by atoms with E-state index in [0.717, 1.165) is 0 Å². The number of anilines is 1. The van der Waals surface area contributed by atoms with E-state index in [9.17, 15) is 9.00 Å². The van der Waals surface area contributed by atoms with E-state index in [-0.39, 0.29) is 11.6 Å². The summed E-state index contributed by atoms with van der Waals surface area (Å²) in [4.78, 5) is 15.8. The van der Waals surface area contributed by atoms with Crippen LogP contribution < -0.4 is 10.9 Å². The van der Waals surface area contributed by atoms with Crippen LogP contribution in [0.4, 0.5) is 5.82 Å². The summed E-state index contributed by atoms with van der Waals surface area (Å²) in [6.45, 7) is 4.39. The lowest BCUT2D eigenvalue weighted by atomic mass is 10.4. The molecular weight excluding hydrogens is 226 g/mol. The molecule has 0 aliphatic heterocycles. The van der Waals surface area contributed by atoms with Crippen LogP contribution >= 0.6 is 0 Å². The van der Waals surface area contributed by atoms with Crippen LogP contribution in [0.1, 0.15) is 13.8 Å². The zero-order chi connectivity index (χ0) is 12.1. The molecule has 1 aromatic heterocycles. The fraction of sp³-hybridized carbons (Fsp3) is 0.600. The molecule has 90 valence electrons. The normalized spacial score (nSPS) is 14.4. The topological polar surface area (TPSA) is 64.0 Å². The van der Waals surface area contributed by atoms with Crippen molar-refractivity contribution in [2.75, 3.05) is 17.3 Å². The zero-order valence-corrected chi connectivity index (χ0v) is 10.6. The summed E-state index contributed by atoms with van der Waals surface area (Å²) < 4.78 is 12.6. The number of aryl methyl sites for hydroxylation is 1. The average Bonchev–Trinajstić information content (AvgIpc) is 2.20. The van der Waals surface area contributed by atoms with Crippen molar-refractivity contribution in [2.45, 2.75) is 26.4 Å². The van der Waals surface area contributed by atoms with Crippen molar-refractivity contribution in [2.24, 2.45) is 0 Å². The summed E-state index contributed by atoms with van der Waals surface area (Å²) >= 11 is 0. The summed E-state index contributed by atoms with van der Waals surface area (Å²) in [5, 5.41) is 2.98. The molecule has 1 heterocycles. The predicted octanol–water partition coefficient (Wildman–Crippen LogP) is 0.442. The van der Waals surface area contributed by atoms with E-state index >= 15 is 0 Å². The molecule has 1 aromatic rings. The highest BCUT2D eigenvalue weighted by Crippen LogP contribution is 1.98. The molecule has 0 fully saturated rings. The molecule has 1 rings (SSSR count). The van der Waals surface area contributed by atoms with E-state index < -0.39 is 10.8 Å². The molecule has 0 saturated carbocycles. The highest BCUT2D eigenvalue weighted by atomic mass is 32.2. The lowest BCUT2D eigenvalue weighted by Gasteiger charge is -2.13. The quantitative estimate of drug-likeness (QED) is 0.815. The minimum atomic E-state index is -0.882. The van der Waals surface area contributed by atoms with Gasteiger partial charge in [0, 0.05) is 47.8 Å². The standard InChI is InChI=1S/C10H17N3O2S/c1-4-13-6-5-11-9(10(13)14)12-8(2)7-16(3)15/h5-6,8H,4,7H2,1-3H3,(H,11,12). The maximum Gasteiger partial charge on any atom is 0.293 e. The molecule has 0 saturated heterocycles. The Bertz CT molecular complexity index is 430. The van der Waals surface area contributed by atoms with Gasteiger partial charge in [-0.2, -0.15) is 0 Å². The molecule has 2 atom stereocenters. The van der Waals surface area contributed by atoms with Gasteiger partial charge >= 0.3 is 0 Å². The number of hydrogen-bond acceptors (Lipinski definition) is 4. The van der Waals surface area contributed by atoms with Crippen LogP contribution in [0.25, 0.3) is 0 Å². The van der Waals surface area contributed by atoms with Crippen LogP contribution in [0.2, 0.25) is 0 Å². The molecule has 1 N–H and O–H groups in total. The van der Waals surface area contributed by atoms with Crippen molar-refractivity contribution in [3.8, 4) is 0 Å². The van der Waals surface area contributed by atoms with E-state index in [0.29, 0.717) is 18.1 Å². The third kappa shape index (κ3) is 3.44. The van der Waals surface area contributed by atoms with Gasteiger partial charge in [0.2, 0.25) is 0 Å². The summed E-state index contributed by atoms with van der Waals surface area (Å²) in [5.74, 6) is 0.824. The summed E-state index contributed by atoms with van der Waals surface area (Å²) in [6, 6.07) is -0.0289. The van der Waals surface area contributed by atoms with Crippen LogP contribution in [0, 0.1) is 0 Å². The van der Waals surface area contributed by atoms with Gasteiger partial charge in [-0.1, -0.05) is 0 Å². The molecule has 2 unspecified atom stereocenters. The summed E-state index contributed by atoms with van der Waals surface area (Å²) in [7, 11) is -0.882. The van der Waals surface area contributed by atoms with Crippen LogP contribution in [0.15, 0.2) is 17.2 Å². The fourth-order valence-electron chi connectivity index (χ4n) is 1.42. The molecule has 0 aliphatic rings. The second-order valence-electron chi connectivity index (χ2n) is 3.65. The van der Waals surface area contributed by atoms with Gasteiger partial charge in [-0.25, -0.2) is 4.98 Å². The van der Waals surface area contributed by atoms with E-state index in [1.807, 2.05) is 13.8 Å². The monoisotopic (exact) mass is 243 g/mol. The Balaban J connectivity index is 2.81. The van der Waals surface area contributed by atoms with E-state index in [1.54, 1.807) is 23.2 Å². The SMILES string of the molecule is CCn1ccnc(NC(C)CS(C)=O)c1=O. The van der Waals surface area contributed by atoms with Crippen LogP contribution in [-0.2, 0) is 17.3 Å². The predicted molar refractivity (Wildman–Crippen MR) is 66.2 cm³/mol. The average molecular weight is 243 g/mol. The first-order valence-corrected chi connectivity index (χ1v) is 6.89. The van der Waals surface area contributed by atoms with Gasteiger partial charge in [0.1, 0.15) is 0 Å². The maximum absolute atomic E-state index is 11.8. The first kappa shape index (κ1) is 12.9. The highest BCUT2D eigenvalue weighted by molar-refractivity contribution is 7.84. The highest BCUT2D eigenvalue weighted by Gasteiger charge is 2.08. The molecule has 5 nitrogen and oxygen atoms in total. The van der Waals surface area contributed by atoms with Gasteiger partial charge in [0.25, 0.3) is 5.56 Å². The van der Waals surface area contributed by atoms with Crippen LogP contribution in [0.5, 0.6) is 0 Å². The number of nitrogens with one attached hydrogen (secondary N) is 1. The number of rotatable bonds is 5. The fourth-order valence-corrected chi connectivity index (χ4v) is 2.21. The molecule has 0 aromatic carbocycles. The van der Waals surface area contributed by atoms with Gasteiger partial charge < -0.3 is 9.88 Å². The first-order chi connectivity index (χ1) is 7.54. The minimum absolute atomic E-state index is 0.0289. The van der Waals surface area contributed by atoms with Gasteiger partial charge in [0.05, 0.1) is 0 Å². The molecule has 0 aliphatic carbocycles. The van der Waals surface area contributed by atoms with Crippen molar-refractivity contribution in [3.05, 3.63) is 22.7 Å². The number of hydrogen-bond donors (Lipinski definition) is 1. The van der Waals surface area contributed by atoms with Crippen molar-refractivity contribution in [1.82, 2.24) is 9.55 Å².